The molecule has 6 heteroatoms. The molecule has 0 aliphatic heterocycles. The fraction of sp³-hybridized carbons (Fsp3) is 0.188. The molecule has 0 unspecified atom stereocenters. The first-order valence-electron chi connectivity index (χ1n) is 6.67. The van der Waals surface area contributed by atoms with E-state index in [1.807, 2.05) is 31.2 Å². The van der Waals surface area contributed by atoms with E-state index in [2.05, 4.69) is 5.32 Å². The molecule has 1 amide bonds. The Balaban J connectivity index is 2.08. The van der Waals surface area contributed by atoms with E-state index in [1.54, 1.807) is 18.2 Å². The van der Waals surface area contributed by atoms with Crippen LogP contribution < -0.4 is 5.32 Å². The monoisotopic (exact) mass is 373 g/mol. The first-order valence-corrected chi connectivity index (χ1v) is 8.69. The van der Waals surface area contributed by atoms with Gasteiger partial charge in [0.2, 0.25) is 5.91 Å². The maximum Gasteiger partial charge on any atom is 0.237 e. The number of nitrogens with one attached hydrogen (secondary N) is 1. The summed E-state index contributed by atoms with van der Waals surface area (Å²) in [6.07, 6.45) is 0.692. The molecule has 1 atom stereocenters. The zero-order valence-electron chi connectivity index (χ0n) is 11.8. The van der Waals surface area contributed by atoms with Gasteiger partial charge < -0.3 is 5.32 Å². The number of benzene rings is 2. The van der Waals surface area contributed by atoms with Gasteiger partial charge in [-0.05, 0) is 48.9 Å². The van der Waals surface area contributed by atoms with E-state index >= 15 is 0 Å². The first-order chi connectivity index (χ1) is 10.5. The van der Waals surface area contributed by atoms with Crippen molar-refractivity contribution in [3.05, 3.63) is 57.5 Å². The van der Waals surface area contributed by atoms with E-state index in [1.165, 1.54) is 11.8 Å². The lowest BCUT2D eigenvalue weighted by Crippen LogP contribution is -2.24. The summed E-state index contributed by atoms with van der Waals surface area (Å²) in [5.41, 5.74) is 0.523. The van der Waals surface area contributed by atoms with E-state index < -0.39 is 0 Å². The Labute approximate surface area is 149 Å². The zero-order valence-corrected chi connectivity index (χ0v) is 14.9. The summed E-state index contributed by atoms with van der Waals surface area (Å²) >= 11 is 19.4. The number of carbonyl (C=O) groups is 1. The lowest BCUT2D eigenvalue weighted by molar-refractivity contribution is -0.115. The number of thioether (sulfide) groups is 1. The van der Waals surface area contributed by atoms with E-state index in [9.17, 15) is 4.79 Å². The maximum atomic E-state index is 12.4. The molecule has 116 valence electrons. The summed E-state index contributed by atoms with van der Waals surface area (Å²) < 4.78 is 0. The van der Waals surface area contributed by atoms with Crippen LogP contribution in [0, 0.1) is 0 Å². The third-order valence-electron chi connectivity index (χ3n) is 2.94. The van der Waals surface area contributed by atoms with Gasteiger partial charge in [0.1, 0.15) is 0 Å². The molecule has 0 aliphatic rings. The molecule has 0 saturated carbocycles. The molecule has 0 saturated heterocycles. The highest BCUT2D eigenvalue weighted by Gasteiger charge is 2.19. The first kappa shape index (κ1) is 17.5. The Morgan fingerprint density at radius 1 is 1.09 bits per heavy atom. The highest BCUT2D eigenvalue weighted by Crippen LogP contribution is 2.30. The van der Waals surface area contributed by atoms with Crippen LogP contribution in [0.25, 0.3) is 0 Å². The van der Waals surface area contributed by atoms with Gasteiger partial charge in [-0.25, -0.2) is 0 Å². The smallest absolute Gasteiger partial charge is 0.237 e. The molecular formula is C16H14Cl3NOS. The summed E-state index contributed by atoms with van der Waals surface area (Å²) in [5, 5.41) is 4.27. The number of amides is 1. The van der Waals surface area contributed by atoms with Crippen LogP contribution in [0.5, 0.6) is 0 Å². The standard InChI is InChI=1S/C16H14Cl3NOS/c1-2-15(22-12-6-3-10(17)4-7-12)16(21)20-14-9-11(18)5-8-13(14)19/h3-9,15H,2H2,1H3,(H,20,21)/t15-/m0/s1. The minimum Gasteiger partial charge on any atom is -0.324 e. The predicted molar refractivity (Wildman–Crippen MR) is 96.5 cm³/mol. The quantitative estimate of drug-likeness (QED) is 0.635. The third-order valence-corrected chi connectivity index (χ3v) is 5.13. The number of hydrogen-bond donors (Lipinski definition) is 1. The van der Waals surface area contributed by atoms with Crippen LogP contribution in [0.2, 0.25) is 15.1 Å². The molecule has 0 fully saturated rings. The van der Waals surface area contributed by atoms with Gasteiger partial charge in [0.25, 0.3) is 0 Å². The molecular weight excluding hydrogens is 361 g/mol. The fourth-order valence-corrected chi connectivity index (χ4v) is 3.22. The summed E-state index contributed by atoms with van der Waals surface area (Å²) in [7, 11) is 0. The van der Waals surface area contributed by atoms with Gasteiger partial charge in [-0.1, -0.05) is 41.7 Å². The normalized spacial score (nSPS) is 12.0. The van der Waals surface area contributed by atoms with E-state index in [0.29, 0.717) is 27.2 Å². The summed E-state index contributed by atoms with van der Waals surface area (Å²) in [4.78, 5) is 13.4. The Kier molecular flexibility index (Phi) is 6.45. The summed E-state index contributed by atoms with van der Waals surface area (Å²) in [5.74, 6) is -0.105. The average Bonchev–Trinajstić information content (AvgIpc) is 2.50. The summed E-state index contributed by atoms with van der Waals surface area (Å²) in [6, 6.07) is 12.4. The number of rotatable bonds is 5. The van der Waals surface area contributed by atoms with Gasteiger partial charge in [-0.15, -0.1) is 11.8 Å². The molecule has 2 nitrogen and oxygen atoms in total. The second-order valence-electron chi connectivity index (χ2n) is 4.58. The van der Waals surface area contributed by atoms with Crippen LogP contribution >= 0.6 is 46.6 Å². The third kappa shape index (κ3) is 4.82. The van der Waals surface area contributed by atoms with Crippen molar-refractivity contribution in [3.63, 3.8) is 0 Å². The molecule has 0 bridgehead atoms. The molecule has 0 aromatic heterocycles. The van der Waals surface area contributed by atoms with Crippen molar-refractivity contribution in [2.45, 2.75) is 23.5 Å². The topological polar surface area (TPSA) is 29.1 Å². The highest BCUT2D eigenvalue weighted by atomic mass is 35.5. The van der Waals surface area contributed by atoms with Crippen molar-refractivity contribution < 1.29 is 4.79 Å². The Bertz CT molecular complexity index is 661. The van der Waals surface area contributed by atoms with Crippen LogP contribution in [-0.2, 0) is 4.79 Å². The van der Waals surface area contributed by atoms with Gasteiger partial charge in [0.05, 0.1) is 16.0 Å². The van der Waals surface area contributed by atoms with Crippen molar-refractivity contribution in [1.29, 1.82) is 0 Å². The number of anilines is 1. The minimum atomic E-state index is -0.226. The van der Waals surface area contributed by atoms with Crippen LogP contribution in [0.4, 0.5) is 5.69 Å². The molecule has 22 heavy (non-hydrogen) atoms. The average molecular weight is 375 g/mol. The van der Waals surface area contributed by atoms with Crippen LogP contribution in [-0.4, -0.2) is 11.2 Å². The molecule has 2 rings (SSSR count). The molecule has 0 spiro atoms. The van der Waals surface area contributed by atoms with Crippen LogP contribution in [0.1, 0.15) is 13.3 Å². The fourth-order valence-electron chi connectivity index (χ4n) is 1.81. The lowest BCUT2D eigenvalue weighted by atomic mass is 10.2. The van der Waals surface area contributed by atoms with Gasteiger partial charge in [0.15, 0.2) is 0 Å². The largest absolute Gasteiger partial charge is 0.324 e. The van der Waals surface area contributed by atoms with E-state index in [4.69, 9.17) is 34.8 Å². The lowest BCUT2D eigenvalue weighted by Gasteiger charge is -2.15. The minimum absolute atomic E-state index is 0.105. The van der Waals surface area contributed by atoms with Crippen LogP contribution in [0.15, 0.2) is 47.4 Å². The van der Waals surface area contributed by atoms with Gasteiger partial charge >= 0.3 is 0 Å². The Hall–Kier alpha value is -0.870. The van der Waals surface area contributed by atoms with Crippen molar-refractivity contribution >= 4 is 58.2 Å². The highest BCUT2D eigenvalue weighted by molar-refractivity contribution is 8.00. The SMILES string of the molecule is CC[C@H](Sc1ccc(Cl)cc1)C(=O)Nc1cc(Cl)ccc1Cl. The molecule has 0 radical (unpaired) electrons. The second kappa shape index (κ2) is 8.11. The zero-order chi connectivity index (χ0) is 16.1. The van der Waals surface area contributed by atoms with E-state index in [0.717, 1.165) is 4.90 Å². The van der Waals surface area contributed by atoms with Crippen molar-refractivity contribution in [3.8, 4) is 0 Å². The van der Waals surface area contributed by atoms with Gasteiger partial charge in [0, 0.05) is 14.9 Å². The molecule has 1 N–H and O–H groups in total. The molecule has 2 aromatic rings. The Morgan fingerprint density at radius 3 is 2.36 bits per heavy atom. The molecule has 0 heterocycles. The molecule has 2 aromatic carbocycles. The maximum absolute atomic E-state index is 12.4. The van der Waals surface area contributed by atoms with Crippen molar-refractivity contribution in [2.24, 2.45) is 0 Å². The van der Waals surface area contributed by atoms with Crippen molar-refractivity contribution in [1.82, 2.24) is 0 Å². The molecule has 0 aliphatic carbocycles. The van der Waals surface area contributed by atoms with Crippen LogP contribution in [0.3, 0.4) is 0 Å². The Morgan fingerprint density at radius 2 is 1.73 bits per heavy atom. The van der Waals surface area contributed by atoms with Crippen molar-refractivity contribution in [2.75, 3.05) is 5.32 Å². The van der Waals surface area contributed by atoms with Gasteiger partial charge in [-0.2, -0.15) is 0 Å². The van der Waals surface area contributed by atoms with Gasteiger partial charge in [-0.3, -0.25) is 4.79 Å². The number of carbonyl (C=O) groups excluding carboxylic acids is 1. The summed E-state index contributed by atoms with van der Waals surface area (Å²) in [6.45, 7) is 1.97. The second-order valence-corrected chi connectivity index (χ2v) is 7.14. The number of hydrogen-bond acceptors (Lipinski definition) is 2. The number of halogens is 3. The van der Waals surface area contributed by atoms with E-state index in [-0.39, 0.29) is 11.2 Å². The predicted octanol–water partition coefficient (Wildman–Crippen LogP) is 6.16.